The van der Waals surface area contributed by atoms with Crippen LogP contribution < -0.4 is 5.84 Å². The van der Waals surface area contributed by atoms with Gasteiger partial charge in [-0.2, -0.15) is 0 Å². The van der Waals surface area contributed by atoms with E-state index in [1.807, 2.05) is 0 Å². The Morgan fingerprint density at radius 1 is 1.54 bits per heavy atom. The van der Waals surface area contributed by atoms with Crippen LogP contribution in [0.25, 0.3) is 0 Å². The molecule has 0 spiro atoms. The smallest absolute Gasteiger partial charge is 0.324 e. The summed E-state index contributed by atoms with van der Waals surface area (Å²) in [6, 6.07) is -0.975. The Morgan fingerprint density at radius 2 is 2.15 bits per heavy atom. The zero-order valence-electron chi connectivity index (χ0n) is 7.94. The molecule has 0 aromatic heterocycles. The van der Waals surface area contributed by atoms with Crippen LogP contribution in [0.1, 0.15) is 26.2 Å². The minimum Gasteiger partial charge on any atom is -0.480 e. The molecular formula is C8H18N2O3. The second-order valence-corrected chi connectivity index (χ2v) is 2.98. The van der Waals surface area contributed by atoms with Crippen LogP contribution >= 0.6 is 0 Å². The summed E-state index contributed by atoms with van der Waals surface area (Å²) in [6.07, 6.45) is 2.94. The van der Waals surface area contributed by atoms with Crippen LogP contribution in [-0.4, -0.2) is 40.4 Å². The largest absolute Gasteiger partial charge is 0.480 e. The molecule has 0 amide bonds. The number of hydrazine groups is 1. The second kappa shape index (κ2) is 6.82. The maximum atomic E-state index is 10.5. The predicted molar refractivity (Wildman–Crippen MR) is 48.9 cm³/mol. The lowest BCUT2D eigenvalue weighted by Gasteiger charge is -2.21. The number of carbonyl (C=O) groups is 1. The summed E-state index contributed by atoms with van der Waals surface area (Å²) in [5.74, 6) is 4.38. The summed E-state index contributed by atoms with van der Waals surface area (Å²) in [6.45, 7) is 2.12. The van der Waals surface area contributed by atoms with Crippen molar-refractivity contribution >= 4 is 5.97 Å². The van der Waals surface area contributed by atoms with Gasteiger partial charge in [-0.05, 0) is 6.42 Å². The van der Waals surface area contributed by atoms with Crippen molar-refractivity contribution in [2.24, 2.45) is 5.84 Å². The summed E-state index contributed by atoms with van der Waals surface area (Å²) >= 11 is 0. The number of hydrogen-bond acceptors (Lipinski definition) is 4. The molecule has 0 rings (SSSR count). The fourth-order valence-corrected chi connectivity index (χ4v) is 1.03. The number of hydrogen-bond donors (Lipinski definition) is 3. The van der Waals surface area contributed by atoms with E-state index in [9.17, 15) is 4.79 Å². The molecule has 0 saturated heterocycles. The molecule has 13 heavy (non-hydrogen) atoms. The molecule has 0 fully saturated rings. The van der Waals surface area contributed by atoms with Crippen molar-refractivity contribution in [3.8, 4) is 0 Å². The number of unbranched alkanes of at least 4 members (excludes halogenated alkanes) is 2. The summed E-state index contributed by atoms with van der Waals surface area (Å²) in [4.78, 5) is 10.5. The molecule has 5 heteroatoms. The molecule has 0 saturated carbocycles. The lowest BCUT2D eigenvalue weighted by Crippen LogP contribution is -2.48. The number of carboxylic acid groups (broad SMARTS) is 1. The first-order valence-corrected chi connectivity index (χ1v) is 4.48. The van der Waals surface area contributed by atoms with Crippen molar-refractivity contribution in [2.75, 3.05) is 13.2 Å². The Kier molecular flexibility index (Phi) is 6.48. The third-order valence-electron chi connectivity index (χ3n) is 1.88. The van der Waals surface area contributed by atoms with Crippen molar-refractivity contribution in [2.45, 2.75) is 32.2 Å². The van der Waals surface area contributed by atoms with Crippen molar-refractivity contribution < 1.29 is 15.0 Å². The van der Waals surface area contributed by atoms with Gasteiger partial charge in [-0.25, -0.2) is 5.01 Å². The second-order valence-electron chi connectivity index (χ2n) is 2.98. The van der Waals surface area contributed by atoms with E-state index in [1.54, 1.807) is 0 Å². The zero-order valence-corrected chi connectivity index (χ0v) is 7.94. The van der Waals surface area contributed by atoms with Gasteiger partial charge in [-0.3, -0.25) is 10.6 Å². The Bertz CT molecular complexity index is 152. The summed E-state index contributed by atoms with van der Waals surface area (Å²) < 4.78 is 0. The van der Waals surface area contributed by atoms with Gasteiger partial charge < -0.3 is 10.2 Å². The van der Waals surface area contributed by atoms with E-state index < -0.39 is 18.6 Å². The van der Waals surface area contributed by atoms with Gasteiger partial charge in [0.1, 0.15) is 6.04 Å². The number of nitrogens with two attached hydrogens (primary N) is 1. The minimum absolute atomic E-state index is 0.446. The molecule has 1 atom stereocenters. The highest BCUT2D eigenvalue weighted by molar-refractivity contribution is 5.73. The Morgan fingerprint density at radius 3 is 2.54 bits per heavy atom. The van der Waals surface area contributed by atoms with Gasteiger partial charge in [0.25, 0.3) is 0 Å². The minimum atomic E-state index is -1.08. The third-order valence-corrected chi connectivity index (χ3v) is 1.88. The number of aliphatic hydroxyl groups is 1. The van der Waals surface area contributed by atoms with Crippen LogP contribution in [0.3, 0.4) is 0 Å². The van der Waals surface area contributed by atoms with Crippen LogP contribution in [0, 0.1) is 0 Å². The van der Waals surface area contributed by atoms with E-state index in [0.717, 1.165) is 19.3 Å². The van der Waals surface area contributed by atoms with Crippen LogP contribution in [-0.2, 0) is 4.79 Å². The number of rotatable bonds is 7. The standard InChI is InChI=1S/C8H18N2O3/c1-2-3-4-5-10(9)7(6-11)8(12)13/h7,11H,2-6,9H2,1H3,(H,12,13). The Balaban J connectivity index is 3.77. The highest BCUT2D eigenvalue weighted by atomic mass is 16.4. The normalized spacial score (nSPS) is 13.2. The van der Waals surface area contributed by atoms with Crippen LogP contribution in [0.2, 0.25) is 0 Å². The fraction of sp³-hybridized carbons (Fsp3) is 0.875. The molecule has 0 heterocycles. The highest BCUT2D eigenvalue weighted by Gasteiger charge is 2.21. The number of carboxylic acids is 1. The third kappa shape index (κ3) is 4.82. The van der Waals surface area contributed by atoms with Crippen LogP contribution in [0.4, 0.5) is 0 Å². The van der Waals surface area contributed by atoms with Crippen LogP contribution in [0.5, 0.6) is 0 Å². The Hall–Kier alpha value is -0.650. The summed E-state index contributed by atoms with van der Waals surface area (Å²) in [7, 11) is 0. The summed E-state index contributed by atoms with van der Waals surface area (Å²) in [5, 5.41) is 18.5. The maximum absolute atomic E-state index is 10.5. The molecule has 0 bridgehead atoms. The monoisotopic (exact) mass is 190 g/mol. The van der Waals surface area contributed by atoms with Crippen molar-refractivity contribution in [3.63, 3.8) is 0 Å². The first-order chi connectivity index (χ1) is 6.13. The molecule has 0 aromatic carbocycles. The van der Waals surface area contributed by atoms with E-state index in [-0.39, 0.29) is 0 Å². The van der Waals surface area contributed by atoms with Crippen molar-refractivity contribution in [1.82, 2.24) is 5.01 Å². The molecule has 1 unspecified atom stereocenters. The van der Waals surface area contributed by atoms with Gasteiger partial charge >= 0.3 is 5.97 Å². The lowest BCUT2D eigenvalue weighted by molar-refractivity contribution is -0.145. The molecule has 0 aromatic rings. The summed E-state index contributed by atoms with van der Waals surface area (Å²) in [5.41, 5.74) is 0. The molecular weight excluding hydrogens is 172 g/mol. The topological polar surface area (TPSA) is 86.8 Å². The average molecular weight is 190 g/mol. The fourth-order valence-electron chi connectivity index (χ4n) is 1.03. The van der Waals surface area contributed by atoms with Crippen molar-refractivity contribution in [3.05, 3.63) is 0 Å². The quantitative estimate of drug-likeness (QED) is 0.294. The first-order valence-electron chi connectivity index (χ1n) is 4.48. The van der Waals surface area contributed by atoms with Crippen molar-refractivity contribution in [1.29, 1.82) is 0 Å². The highest BCUT2D eigenvalue weighted by Crippen LogP contribution is 1.99. The number of aliphatic carboxylic acids is 1. The molecule has 4 N–H and O–H groups in total. The maximum Gasteiger partial charge on any atom is 0.324 e. The number of aliphatic hydroxyl groups excluding tert-OH is 1. The average Bonchev–Trinajstić information content (AvgIpc) is 2.05. The zero-order chi connectivity index (χ0) is 10.3. The van der Waals surface area contributed by atoms with Gasteiger partial charge in [-0.1, -0.05) is 19.8 Å². The van der Waals surface area contributed by atoms with Gasteiger partial charge in [-0.15, -0.1) is 0 Å². The van der Waals surface area contributed by atoms with Gasteiger partial charge in [0.2, 0.25) is 0 Å². The first kappa shape index (κ1) is 12.3. The molecule has 0 aliphatic rings. The van der Waals surface area contributed by atoms with Gasteiger partial charge in [0.05, 0.1) is 6.61 Å². The van der Waals surface area contributed by atoms with E-state index in [4.69, 9.17) is 16.1 Å². The van der Waals surface area contributed by atoms with E-state index >= 15 is 0 Å². The van der Waals surface area contributed by atoms with E-state index in [1.165, 1.54) is 5.01 Å². The SMILES string of the molecule is CCCCCN(N)C(CO)C(=O)O. The number of nitrogens with zero attached hydrogens (tertiary/aromatic N) is 1. The van der Waals surface area contributed by atoms with E-state index in [2.05, 4.69) is 6.92 Å². The van der Waals surface area contributed by atoms with Crippen LogP contribution in [0.15, 0.2) is 0 Å². The molecule has 0 aliphatic carbocycles. The lowest BCUT2D eigenvalue weighted by atomic mass is 10.2. The predicted octanol–water partition coefficient (Wildman–Crippen LogP) is -0.202. The van der Waals surface area contributed by atoms with Gasteiger partial charge in [0, 0.05) is 6.54 Å². The molecule has 0 aliphatic heterocycles. The molecule has 0 radical (unpaired) electrons. The molecule has 5 nitrogen and oxygen atoms in total. The molecule has 78 valence electrons. The van der Waals surface area contributed by atoms with E-state index in [0.29, 0.717) is 6.54 Å². The Labute approximate surface area is 78.1 Å². The van der Waals surface area contributed by atoms with Gasteiger partial charge in [0.15, 0.2) is 0 Å².